The Bertz CT molecular complexity index is 325. The minimum atomic E-state index is -0.106. The molecule has 0 aliphatic heterocycles. The molecule has 1 N–H and O–H groups in total. The van der Waals surface area contributed by atoms with Crippen molar-refractivity contribution >= 4 is 6.08 Å². The van der Waals surface area contributed by atoms with Crippen molar-refractivity contribution in [2.75, 3.05) is 0 Å². The quantitative estimate of drug-likeness (QED) is 0.651. The van der Waals surface area contributed by atoms with E-state index in [0.717, 1.165) is 5.69 Å². The zero-order valence-corrected chi connectivity index (χ0v) is 6.59. The lowest BCUT2D eigenvalue weighted by molar-refractivity contribution is 1.04. The standard InChI is InChI=1S/C8H10N2O/c1-3-4-7-9-6(2)5-8(11)10-7/h3-5H,1-2H3,(H,9,10,11). The van der Waals surface area contributed by atoms with Crippen LogP contribution in [0.4, 0.5) is 0 Å². The maximum Gasteiger partial charge on any atom is 0.251 e. The van der Waals surface area contributed by atoms with E-state index in [1.54, 1.807) is 13.0 Å². The van der Waals surface area contributed by atoms with Gasteiger partial charge in [0.05, 0.1) is 0 Å². The fourth-order valence-corrected chi connectivity index (χ4v) is 0.839. The van der Waals surface area contributed by atoms with Crippen LogP contribution >= 0.6 is 0 Å². The van der Waals surface area contributed by atoms with Gasteiger partial charge < -0.3 is 4.98 Å². The summed E-state index contributed by atoms with van der Waals surface area (Å²) in [5.41, 5.74) is 0.632. The number of H-pyrrole nitrogens is 1. The van der Waals surface area contributed by atoms with E-state index in [1.165, 1.54) is 6.07 Å². The molecular formula is C8H10N2O. The van der Waals surface area contributed by atoms with Gasteiger partial charge in [0.15, 0.2) is 0 Å². The van der Waals surface area contributed by atoms with Crippen molar-refractivity contribution in [2.45, 2.75) is 13.8 Å². The number of hydrogen-bond acceptors (Lipinski definition) is 2. The van der Waals surface area contributed by atoms with Gasteiger partial charge in [0, 0.05) is 11.8 Å². The number of nitrogens with zero attached hydrogens (tertiary/aromatic N) is 1. The highest BCUT2D eigenvalue weighted by Crippen LogP contribution is 1.91. The van der Waals surface area contributed by atoms with Crippen molar-refractivity contribution in [3.8, 4) is 0 Å². The Balaban J connectivity index is 3.19. The van der Waals surface area contributed by atoms with Crippen LogP contribution in [0.15, 0.2) is 16.9 Å². The predicted molar refractivity (Wildman–Crippen MR) is 44.3 cm³/mol. The molecule has 0 atom stereocenters. The van der Waals surface area contributed by atoms with E-state index in [0.29, 0.717) is 5.82 Å². The summed E-state index contributed by atoms with van der Waals surface area (Å²) in [5.74, 6) is 0.609. The third kappa shape index (κ3) is 2.04. The monoisotopic (exact) mass is 150 g/mol. The van der Waals surface area contributed by atoms with Crippen molar-refractivity contribution < 1.29 is 0 Å². The zero-order chi connectivity index (χ0) is 8.27. The number of allylic oxidation sites excluding steroid dienone is 1. The molecule has 58 valence electrons. The number of nitrogens with one attached hydrogen (secondary N) is 1. The number of hydrogen-bond donors (Lipinski definition) is 1. The summed E-state index contributed by atoms with van der Waals surface area (Å²) in [4.78, 5) is 17.5. The molecule has 1 rings (SSSR count). The van der Waals surface area contributed by atoms with Gasteiger partial charge in [0.1, 0.15) is 5.82 Å². The maximum atomic E-state index is 10.9. The van der Waals surface area contributed by atoms with Crippen LogP contribution in [-0.4, -0.2) is 9.97 Å². The second kappa shape index (κ2) is 3.14. The summed E-state index contributed by atoms with van der Waals surface area (Å²) in [6.45, 7) is 3.67. The molecule has 0 saturated carbocycles. The summed E-state index contributed by atoms with van der Waals surface area (Å²) >= 11 is 0. The van der Waals surface area contributed by atoms with Gasteiger partial charge in [-0.3, -0.25) is 4.79 Å². The van der Waals surface area contributed by atoms with Gasteiger partial charge in [0.25, 0.3) is 5.56 Å². The SMILES string of the molecule is CC=Cc1nc(C)cc(=O)[nH]1. The Hall–Kier alpha value is -1.38. The van der Waals surface area contributed by atoms with E-state index in [4.69, 9.17) is 0 Å². The minimum absolute atomic E-state index is 0.106. The Labute approximate surface area is 64.8 Å². The maximum absolute atomic E-state index is 10.9. The lowest BCUT2D eigenvalue weighted by Gasteiger charge is -1.93. The highest BCUT2D eigenvalue weighted by atomic mass is 16.1. The van der Waals surface area contributed by atoms with Gasteiger partial charge in [-0.1, -0.05) is 6.08 Å². The third-order valence-corrected chi connectivity index (χ3v) is 1.21. The predicted octanol–water partition coefficient (Wildman–Crippen LogP) is 1.11. The van der Waals surface area contributed by atoms with Crippen LogP contribution in [0.1, 0.15) is 18.4 Å². The number of aryl methyl sites for hydroxylation is 1. The Kier molecular flexibility index (Phi) is 2.21. The molecule has 0 amide bonds. The molecule has 3 nitrogen and oxygen atoms in total. The lowest BCUT2D eigenvalue weighted by Crippen LogP contribution is -2.08. The van der Waals surface area contributed by atoms with Crippen molar-refractivity contribution in [1.29, 1.82) is 0 Å². The first-order valence-electron chi connectivity index (χ1n) is 3.43. The number of aromatic nitrogens is 2. The summed E-state index contributed by atoms with van der Waals surface area (Å²) in [6, 6.07) is 1.47. The molecule has 11 heavy (non-hydrogen) atoms. The van der Waals surface area contributed by atoms with Gasteiger partial charge in [-0.25, -0.2) is 4.98 Å². The fourth-order valence-electron chi connectivity index (χ4n) is 0.839. The molecule has 0 fully saturated rings. The summed E-state index contributed by atoms with van der Waals surface area (Å²) < 4.78 is 0. The molecular weight excluding hydrogens is 140 g/mol. The van der Waals surface area contributed by atoms with Crippen LogP contribution in [-0.2, 0) is 0 Å². The molecule has 0 radical (unpaired) electrons. The average Bonchev–Trinajstić information content (AvgIpc) is 1.85. The molecule has 0 unspecified atom stereocenters. The highest BCUT2D eigenvalue weighted by Gasteiger charge is 1.91. The normalized spacial score (nSPS) is 10.7. The fraction of sp³-hybridized carbons (Fsp3) is 0.250. The van der Waals surface area contributed by atoms with Gasteiger partial charge in [-0.2, -0.15) is 0 Å². The Morgan fingerprint density at radius 3 is 2.91 bits per heavy atom. The molecule has 0 spiro atoms. The van der Waals surface area contributed by atoms with Crippen LogP contribution in [0.25, 0.3) is 6.08 Å². The van der Waals surface area contributed by atoms with E-state index in [2.05, 4.69) is 9.97 Å². The van der Waals surface area contributed by atoms with Gasteiger partial charge in [-0.15, -0.1) is 0 Å². The number of rotatable bonds is 1. The van der Waals surface area contributed by atoms with Crippen LogP contribution in [0.5, 0.6) is 0 Å². The molecule has 1 heterocycles. The Morgan fingerprint density at radius 1 is 1.64 bits per heavy atom. The topological polar surface area (TPSA) is 45.8 Å². The van der Waals surface area contributed by atoms with Crippen LogP contribution in [0.3, 0.4) is 0 Å². The summed E-state index contributed by atoms with van der Waals surface area (Å²) in [5, 5.41) is 0. The third-order valence-electron chi connectivity index (χ3n) is 1.21. The zero-order valence-electron chi connectivity index (χ0n) is 6.59. The van der Waals surface area contributed by atoms with E-state index >= 15 is 0 Å². The molecule has 0 saturated heterocycles. The Morgan fingerprint density at radius 2 is 2.36 bits per heavy atom. The highest BCUT2D eigenvalue weighted by molar-refractivity contribution is 5.38. The second-order valence-electron chi connectivity index (χ2n) is 2.27. The first-order valence-corrected chi connectivity index (χ1v) is 3.43. The molecule has 1 aromatic heterocycles. The summed E-state index contributed by atoms with van der Waals surface area (Å²) in [7, 11) is 0. The van der Waals surface area contributed by atoms with Crippen LogP contribution < -0.4 is 5.56 Å². The first-order chi connectivity index (χ1) is 5.22. The van der Waals surface area contributed by atoms with Crippen LogP contribution in [0.2, 0.25) is 0 Å². The largest absolute Gasteiger partial charge is 0.307 e. The van der Waals surface area contributed by atoms with Crippen LogP contribution in [0, 0.1) is 6.92 Å². The molecule has 0 aromatic carbocycles. The van der Waals surface area contributed by atoms with E-state index in [-0.39, 0.29) is 5.56 Å². The molecule has 0 bridgehead atoms. The smallest absolute Gasteiger partial charge is 0.251 e. The van der Waals surface area contributed by atoms with Crippen molar-refractivity contribution in [2.24, 2.45) is 0 Å². The van der Waals surface area contributed by atoms with E-state index in [1.807, 2.05) is 13.0 Å². The van der Waals surface area contributed by atoms with Crippen molar-refractivity contribution in [3.05, 3.63) is 34.0 Å². The van der Waals surface area contributed by atoms with Gasteiger partial charge in [-0.05, 0) is 19.9 Å². The second-order valence-corrected chi connectivity index (χ2v) is 2.27. The van der Waals surface area contributed by atoms with Crippen molar-refractivity contribution in [3.63, 3.8) is 0 Å². The van der Waals surface area contributed by atoms with E-state index < -0.39 is 0 Å². The van der Waals surface area contributed by atoms with Crippen molar-refractivity contribution in [1.82, 2.24) is 9.97 Å². The number of aromatic amines is 1. The molecule has 0 aliphatic carbocycles. The average molecular weight is 150 g/mol. The molecule has 3 heteroatoms. The van der Waals surface area contributed by atoms with Gasteiger partial charge in [0.2, 0.25) is 0 Å². The lowest BCUT2D eigenvalue weighted by atomic mass is 10.4. The van der Waals surface area contributed by atoms with E-state index in [9.17, 15) is 4.79 Å². The first kappa shape index (κ1) is 7.72. The molecule has 1 aromatic rings. The molecule has 0 aliphatic rings. The van der Waals surface area contributed by atoms with Gasteiger partial charge >= 0.3 is 0 Å². The summed E-state index contributed by atoms with van der Waals surface area (Å²) in [6.07, 6.45) is 3.59. The minimum Gasteiger partial charge on any atom is -0.307 e.